The molecule has 0 saturated carbocycles. The Kier molecular flexibility index (Phi) is 8.96. The van der Waals surface area contributed by atoms with Crippen molar-refractivity contribution >= 4 is 29.3 Å². The van der Waals surface area contributed by atoms with E-state index < -0.39 is 23.6 Å². The second-order valence-corrected chi connectivity index (χ2v) is 9.99. The van der Waals surface area contributed by atoms with Gasteiger partial charge >= 0.3 is 6.18 Å². The van der Waals surface area contributed by atoms with E-state index in [4.69, 9.17) is 0 Å². The fourth-order valence-corrected chi connectivity index (χ4v) is 4.52. The Morgan fingerprint density at radius 1 is 1.10 bits per heavy atom. The molecule has 1 aliphatic heterocycles. The maximum absolute atomic E-state index is 14.0. The quantitative estimate of drug-likeness (QED) is 0.389. The zero-order valence-corrected chi connectivity index (χ0v) is 22.5. The number of halogens is 3. The first kappa shape index (κ1) is 28.9. The van der Waals surface area contributed by atoms with E-state index in [0.717, 1.165) is 18.1 Å². The van der Waals surface area contributed by atoms with Crippen LogP contribution < -0.4 is 10.6 Å². The lowest BCUT2D eigenvalue weighted by molar-refractivity contribution is -0.138. The van der Waals surface area contributed by atoms with E-state index in [9.17, 15) is 22.8 Å². The summed E-state index contributed by atoms with van der Waals surface area (Å²) in [5, 5.41) is 5.38. The molecule has 4 rings (SSSR count). The molecule has 11 heteroatoms. The van der Waals surface area contributed by atoms with E-state index in [2.05, 4.69) is 25.5 Å². The molecule has 40 heavy (non-hydrogen) atoms. The van der Waals surface area contributed by atoms with Gasteiger partial charge in [-0.3, -0.25) is 14.5 Å². The predicted octanol–water partition coefficient (Wildman–Crippen LogP) is 4.84. The molecule has 1 fully saturated rings. The molecule has 3 aromatic rings. The topological polar surface area (TPSA) is 90.5 Å². The summed E-state index contributed by atoms with van der Waals surface area (Å²) < 4.78 is 41.9. The average molecular weight is 553 g/mol. The number of aromatic nitrogens is 2. The third kappa shape index (κ3) is 7.51. The molecule has 2 amide bonds. The first-order valence-electron chi connectivity index (χ1n) is 12.7. The van der Waals surface area contributed by atoms with Crippen LogP contribution in [-0.4, -0.2) is 64.8 Å². The van der Waals surface area contributed by atoms with Gasteiger partial charge in [-0.15, -0.1) is 0 Å². The highest BCUT2D eigenvalue weighted by Gasteiger charge is 2.35. The highest BCUT2D eigenvalue weighted by atomic mass is 19.4. The van der Waals surface area contributed by atoms with Crippen molar-refractivity contribution in [2.45, 2.75) is 32.1 Å². The predicted molar refractivity (Wildman–Crippen MR) is 148 cm³/mol. The molecular formula is C29H31F3N6O2. The van der Waals surface area contributed by atoms with Crippen LogP contribution in [-0.2, 0) is 17.5 Å². The van der Waals surface area contributed by atoms with Crippen molar-refractivity contribution in [1.29, 1.82) is 0 Å². The molecule has 0 radical (unpaired) electrons. The Hall–Kier alpha value is -4.09. The van der Waals surface area contributed by atoms with Crippen LogP contribution in [0.1, 0.15) is 39.0 Å². The van der Waals surface area contributed by atoms with Gasteiger partial charge in [0.25, 0.3) is 5.91 Å². The van der Waals surface area contributed by atoms with Crippen LogP contribution in [0.5, 0.6) is 0 Å². The van der Waals surface area contributed by atoms with Crippen molar-refractivity contribution in [2.75, 3.05) is 37.8 Å². The summed E-state index contributed by atoms with van der Waals surface area (Å²) >= 11 is 0. The monoisotopic (exact) mass is 552 g/mol. The second kappa shape index (κ2) is 12.4. The van der Waals surface area contributed by atoms with Crippen molar-refractivity contribution < 1.29 is 22.8 Å². The van der Waals surface area contributed by atoms with Crippen LogP contribution in [0.25, 0.3) is 6.08 Å². The Morgan fingerprint density at radius 3 is 2.52 bits per heavy atom. The van der Waals surface area contributed by atoms with E-state index >= 15 is 0 Å². The minimum atomic E-state index is -4.60. The molecule has 0 spiro atoms. The summed E-state index contributed by atoms with van der Waals surface area (Å²) in [7, 11) is 3.93. The minimum Gasteiger partial charge on any atom is -0.322 e. The summed E-state index contributed by atoms with van der Waals surface area (Å²) in [6, 6.07) is 8.87. The van der Waals surface area contributed by atoms with Crippen molar-refractivity contribution in [1.82, 2.24) is 19.8 Å². The third-order valence-electron chi connectivity index (χ3n) is 6.81. The van der Waals surface area contributed by atoms with Crippen LogP contribution in [0, 0.1) is 6.92 Å². The highest BCUT2D eigenvalue weighted by Crippen LogP contribution is 2.34. The van der Waals surface area contributed by atoms with Gasteiger partial charge in [-0.25, -0.2) is 9.97 Å². The number of likely N-dealkylation sites (tertiary alicyclic amines) is 1. The first-order chi connectivity index (χ1) is 19.0. The maximum atomic E-state index is 14.0. The van der Waals surface area contributed by atoms with Gasteiger partial charge in [0.1, 0.15) is 6.33 Å². The lowest BCUT2D eigenvalue weighted by Crippen LogP contribution is -2.31. The van der Waals surface area contributed by atoms with Gasteiger partial charge in [0.15, 0.2) is 0 Å². The molecule has 1 atom stereocenters. The van der Waals surface area contributed by atoms with Crippen LogP contribution in [0.3, 0.4) is 0 Å². The summed E-state index contributed by atoms with van der Waals surface area (Å²) in [4.78, 5) is 37.2. The lowest BCUT2D eigenvalue weighted by Gasteiger charge is -2.22. The van der Waals surface area contributed by atoms with E-state index in [1.807, 2.05) is 19.0 Å². The number of benzene rings is 2. The number of likely N-dealkylation sites (N-methyl/N-ethyl adjacent to an activating group) is 1. The molecule has 8 nitrogen and oxygen atoms in total. The van der Waals surface area contributed by atoms with E-state index in [1.54, 1.807) is 43.6 Å². The molecule has 1 unspecified atom stereocenters. The number of nitrogens with zero attached hydrogens (tertiary/aromatic N) is 4. The Bertz CT molecular complexity index is 1390. The van der Waals surface area contributed by atoms with Crippen molar-refractivity contribution in [3.63, 3.8) is 0 Å². The third-order valence-corrected chi connectivity index (χ3v) is 6.81. The SMILES string of the molecule is Cc1ccc(NC(=O)c2ccc(CN3CCC(N(C)C)C3)c(C(F)(F)F)c2)cc1NC(=O)/C=C/c1cncnc1. The van der Waals surface area contributed by atoms with Gasteiger partial charge in [0, 0.05) is 66.6 Å². The summed E-state index contributed by atoms with van der Waals surface area (Å²) in [6.45, 7) is 3.35. The van der Waals surface area contributed by atoms with Gasteiger partial charge in [0.2, 0.25) is 5.91 Å². The highest BCUT2D eigenvalue weighted by molar-refractivity contribution is 6.06. The van der Waals surface area contributed by atoms with Crippen LogP contribution in [0.2, 0.25) is 0 Å². The molecule has 2 heterocycles. The fourth-order valence-electron chi connectivity index (χ4n) is 4.52. The Morgan fingerprint density at radius 2 is 1.85 bits per heavy atom. The number of hydrogen-bond acceptors (Lipinski definition) is 6. The molecule has 2 N–H and O–H groups in total. The standard InChI is InChI=1S/C29H31F3N6O2/c1-19-4-8-23(13-26(19)36-27(39)9-5-20-14-33-18-34-15-20)35-28(40)21-6-7-22(25(12-21)29(30,31)32)16-38-11-10-24(17-38)37(2)3/h4-9,12-15,18,24H,10-11,16-17H2,1-3H3,(H,35,40)(H,36,39)/b9-5+. The number of rotatable bonds is 8. The summed E-state index contributed by atoms with van der Waals surface area (Å²) in [5.41, 5.74) is 1.38. The average Bonchev–Trinajstić information content (AvgIpc) is 3.38. The minimum absolute atomic E-state index is 0.108. The van der Waals surface area contributed by atoms with Gasteiger partial charge in [0.05, 0.1) is 5.56 Å². The Balaban J connectivity index is 1.46. The molecule has 1 saturated heterocycles. The zero-order valence-electron chi connectivity index (χ0n) is 22.5. The van der Waals surface area contributed by atoms with Crippen molar-refractivity contribution in [3.05, 3.63) is 89.0 Å². The molecular weight excluding hydrogens is 521 g/mol. The van der Waals surface area contributed by atoms with E-state index in [1.165, 1.54) is 24.5 Å². The van der Waals surface area contributed by atoms with Crippen LogP contribution in [0.15, 0.2) is 61.2 Å². The zero-order chi connectivity index (χ0) is 28.9. The molecule has 1 aromatic heterocycles. The number of aryl methyl sites for hydroxylation is 1. The molecule has 1 aliphatic rings. The fraction of sp³-hybridized carbons (Fsp3) is 0.310. The largest absolute Gasteiger partial charge is 0.416 e. The van der Waals surface area contributed by atoms with Gasteiger partial charge < -0.3 is 15.5 Å². The number of nitrogens with one attached hydrogen (secondary N) is 2. The normalized spacial score (nSPS) is 16.0. The van der Waals surface area contributed by atoms with Crippen LogP contribution >= 0.6 is 0 Å². The molecule has 2 aromatic carbocycles. The van der Waals surface area contributed by atoms with Crippen LogP contribution in [0.4, 0.5) is 24.5 Å². The lowest BCUT2D eigenvalue weighted by atomic mass is 10.0. The van der Waals surface area contributed by atoms with Gasteiger partial charge in [-0.05, 0) is 68.9 Å². The maximum Gasteiger partial charge on any atom is 0.416 e. The van der Waals surface area contributed by atoms with E-state index in [0.29, 0.717) is 36.1 Å². The Labute approximate surface area is 230 Å². The number of carbonyl (C=O) groups is 2. The number of carbonyl (C=O) groups excluding carboxylic acids is 2. The van der Waals surface area contributed by atoms with Crippen molar-refractivity contribution in [3.8, 4) is 0 Å². The summed E-state index contributed by atoms with van der Waals surface area (Å²) in [6.07, 6.45) is 3.67. The molecule has 210 valence electrons. The summed E-state index contributed by atoms with van der Waals surface area (Å²) in [5.74, 6) is -1.09. The number of anilines is 2. The van der Waals surface area contributed by atoms with Gasteiger partial charge in [-0.1, -0.05) is 12.1 Å². The molecule has 0 aliphatic carbocycles. The second-order valence-electron chi connectivity index (χ2n) is 9.99. The molecule has 0 bridgehead atoms. The van der Waals surface area contributed by atoms with Crippen molar-refractivity contribution in [2.24, 2.45) is 0 Å². The van der Waals surface area contributed by atoms with E-state index in [-0.39, 0.29) is 17.7 Å². The number of amides is 2. The smallest absolute Gasteiger partial charge is 0.322 e. The first-order valence-corrected chi connectivity index (χ1v) is 12.7. The number of hydrogen-bond donors (Lipinski definition) is 2. The van der Waals surface area contributed by atoms with Gasteiger partial charge in [-0.2, -0.15) is 13.2 Å². The number of alkyl halides is 3.